The average Bonchev–Trinajstić information content (AvgIpc) is 2.59. The molecule has 0 spiro atoms. The lowest BCUT2D eigenvalue weighted by atomic mass is 9.97. The minimum Gasteiger partial charge on any atom is -0.481 e. The van der Waals surface area contributed by atoms with E-state index in [2.05, 4.69) is 17.6 Å². The van der Waals surface area contributed by atoms with Crippen LogP contribution in [0.25, 0.3) is 0 Å². The Morgan fingerprint density at radius 1 is 1.14 bits per heavy atom. The Bertz CT molecular complexity index is 386. The van der Waals surface area contributed by atoms with Gasteiger partial charge in [0.25, 0.3) is 0 Å². The van der Waals surface area contributed by atoms with Gasteiger partial charge in [-0.1, -0.05) is 26.2 Å². The van der Waals surface area contributed by atoms with Crippen molar-refractivity contribution in [2.45, 2.75) is 64.0 Å². The highest BCUT2D eigenvalue weighted by Gasteiger charge is 2.25. The Hall–Kier alpha value is -1.79. The molecule has 7 heteroatoms. The Morgan fingerprint density at radius 3 is 2.43 bits per heavy atom. The largest absolute Gasteiger partial charge is 0.481 e. The second kappa shape index (κ2) is 8.49. The summed E-state index contributed by atoms with van der Waals surface area (Å²) in [6.45, 7) is 2.08. The van der Waals surface area contributed by atoms with E-state index in [1.165, 1.54) is 0 Å². The molecule has 1 saturated carbocycles. The van der Waals surface area contributed by atoms with E-state index in [1.54, 1.807) is 0 Å². The molecule has 4 N–H and O–H groups in total. The number of carboxylic acids is 2. The molecular weight excluding hydrogens is 276 g/mol. The molecule has 2 amide bonds. The molecule has 0 saturated heterocycles. The second-order valence-corrected chi connectivity index (χ2v) is 5.66. The Balaban J connectivity index is 2.48. The normalized spacial score (nSPS) is 23.7. The Labute approximate surface area is 124 Å². The van der Waals surface area contributed by atoms with Gasteiger partial charge in [0.15, 0.2) is 0 Å². The van der Waals surface area contributed by atoms with E-state index in [9.17, 15) is 14.4 Å². The van der Waals surface area contributed by atoms with Crippen molar-refractivity contribution >= 4 is 18.0 Å². The van der Waals surface area contributed by atoms with Gasteiger partial charge in [0.05, 0.1) is 0 Å². The summed E-state index contributed by atoms with van der Waals surface area (Å²) in [7, 11) is 0. The number of rotatable bonds is 6. The van der Waals surface area contributed by atoms with Crippen LogP contribution in [0.2, 0.25) is 0 Å². The van der Waals surface area contributed by atoms with E-state index < -0.39 is 24.0 Å². The van der Waals surface area contributed by atoms with Crippen molar-refractivity contribution in [3.63, 3.8) is 0 Å². The maximum absolute atomic E-state index is 11.9. The van der Waals surface area contributed by atoms with Gasteiger partial charge in [-0.05, 0) is 25.2 Å². The van der Waals surface area contributed by atoms with Crippen LogP contribution in [0.3, 0.4) is 0 Å². The third-order valence-electron chi connectivity index (χ3n) is 3.93. The zero-order valence-corrected chi connectivity index (χ0v) is 12.3. The summed E-state index contributed by atoms with van der Waals surface area (Å²) >= 11 is 0. The summed E-state index contributed by atoms with van der Waals surface area (Å²) in [6.07, 6.45) is 4.87. The fourth-order valence-corrected chi connectivity index (χ4v) is 2.60. The van der Waals surface area contributed by atoms with Crippen molar-refractivity contribution in [3.05, 3.63) is 0 Å². The molecule has 0 radical (unpaired) electrons. The summed E-state index contributed by atoms with van der Waals surface area (Å²) < 4.78 is 0. The molecular formula is C14H24N2O5. The first kappa shape index (κ1) is 17.3. The maximum Gasteiger partial charge on any atom is 0.326 e. The number of aliphatic carboxylic acids is 2. The summed E-state index contributed by atoms with van der Waals surface area (Å²) in [5.41, 5.74) is 0. The van der Waals surface area contributed by atoms with Crippen LogP contribution in [0.5, 0.6) is 0 Å². The number of hydrogen-bond donors (Lipinski definition) is 4. The Morgan fingerprint density at radius 2 is 1.81 bits per heavy atom. The van der Waals surface area contributed by atoms with E-state index in [4.69, 9.17) is 10.2 Å². The highest BCUT2D eigenvalue weighted by Crippen LogP contribution is 2.22. The van der Waals surface area contributed by atoms with Crippen LogP contribution in [0.4, 0.5) is 4.79 Å². The number of carbonyl (C=O) groups excluding carboxylic acids is 1. The lowest BCUT2D eigenvalue weighted by Crippen LogP contribution is -2.50. The van der Waals surface area contributed by atoms with Crippen LogP contribution in [-0.2, 0) is 9.59 Å². The van der Waals surface area contributed by atoms with Crippen LogP contribution >= 0.6 is 0 Å². The van der Waals surface area contributed by atoms with Crippen molar-refractivity contribution in [3.8, 4) is 0 Å². The summed E-state index contributed by atoms with van der Waals surface area (Å²) in [5.74, 6) is -1.94. The smallest absolute Gasteiger partial charge is 0.326 e. The molecule has 21 heavy (non-hydrogen) atoms. The fourth-order valence-electron chi connectivity index (χ4n) is 2.60. The van der Waals surface area contributed by atoms with Crippen LogP contribution in [0, 0.1) is 5.92 Å². The fraction of sp³-hybridized carbons (Fsp3) is 0.786. The van der Waals surface area contributed by atoms with E-state index >= 15 is 0 Å². The van der Waals surface area contributed by atoms with Gasteiger partial charge in [-0.3, -0.25) is 4.79 Å². The van der Waals surface area contributed by atoms with Gasteiger partial charge in [-0.2, -0.15) is 0 Å². The first-order chi connectivity index (χ1) is 9.90. The predicted molar refractivity (Wildman–Crippen MR) is 76.0 cm³/mol. The molecule has 1 rings (SSSR count). The molecule has 0 bridgehead atoms. The second-order valence-electron chi connectivity index (χ2n) is 5.66. The van der Waals surface area contributed by atoms with E-state index in [-0.39, 0.29) is 18.9 Å². The first-order valence-electron chi connectivity index (χ1n) is 7.41. The van der Waals surface area contributed by atoms with E-state index in [0.29, 0.717) is 5.92 Å². The number of nitrogens with one attached hydrogen (secondary N) is 2. The zero-order chi connectivity index (χ0) is 15.8. The van der Waals surface area contributed by atoms with Crippen molar-refractivity contribution < 1.29 is 24.6 Å². The van der Waals surface area contributed by atoms with Gasteiger partial charge >= 0.3 is 18.0 Å². The molecule has 0 heterocycles. The zero-order valence-electron chi connectivity index (χ0n) is 12.3. The minimum absolute atomic E-state index is 0.0430. The first-order valence-corrected chi connectivity index (χ1v) is 7.41. The molecule has 2 unspecified atom stereocenters. The molecule has 0 aromatic carbocycles. The highest BCUT2D eigenvalue weighted by atomic mass is 16.4. The number of urea groups is 1. The van der Waals surface area contributed by atoms with Gasteiger partial charge in [0.1, 0.15) is 6.04 Å². The third-order valence-corrected chi connectivity index (χ3v) is 3.93. The summed E-state index contributed by atoms with van der Waals surface area (Å²) in [5, 5.41) is 22.8. The summed E-state index contributed by atoms with van der Waals surface area (Å²) in [6, 6.07) is -1.67. The molecule has 0 aliphatic heterocycles. The third kappa shape index (κ3) is 6.46. The lowest BCUT2D eigenvalue weighted by molar-refractivity contribution is -0.140. The SMILES string of the molecule is CC1CCCCCC1NC(=O)N[C@@H](CCC(=O)O)C(=O)O. The van der Waals surface area contributed by atoms with Gasteiger partial charge < -0.3 is 20.8 Å². The highest BCUT2D eigenvalue weighted by molar-refractivity contribution is 5.83. The van der Waals surface area contributed by atoms with Crippen LogP contribution in [-0.4, -0.2) is 40.3 Å². The van der Waals surface area contributed by atoms with E-state index in [0.717, 1.165) is 32.1 Å². The van der Waals surface area contributed by atoms with Crippen molar-refractivity contribution in [2.24, 2.45) is 5.92 Å². The molecule has 3 atom stereocenters. The molecule has 7 nitrogen and oxygen atoms in total. The Kier molecular flexibility index (Phi) is 6.98. The average molecular weight is 300 g/mol. The minimum atomic E-state index is -1.22. The molecule has 1 fully saturated rings. The number of amides is 2. The monoisotopic (exact) mass is 300 g/mol. The van der Waals surface area contributed by atoms with Crippen molar-refractivity contribution in [2.75, 3.05) is 0 Å². The summed E-state index contributed by atoms with van der Waals surface area (Å²) in [4.78, 5) is 33.4. The van der Waals surface area contributed by atoms with E-state index in [1.807, 2.05) is 0 Å². The standard InChI is InChI=1S/C14H24N2O5/c1-9-5-3-2-4-6-10(9)15-14(21)16-11(13(19)20)7-8-12(17)18/h9-11H,2-8H2,1H3,(H,17,18)(H,19,20)(H2,15,16,21)/t9?,10?,11-/m0/s1. The molecule has 1 aliphatic rings. The van der Waals surface area contributed by atoms with Crippen molar-refractivity contribution in [1.29, 1.82) is 0 Å². The van der Waals surface area contributed by atoms with Gasteiger partial charge in [-0.15, -0.1) is 0 Å². The molecule has 0 aromatic heterocycles. The quantitative estimate of drug-likeness (QED) is 0.556. The van der Waals surface area contributed by atoms with Crippen LogP contribution in [0.15, 0.2) is 0 Å². The van der Waals surface area contributed by atoms with Crippen LogP contribution in [0.1, 0.15) is 51.9 Å². The van der Waals surface area contributed by atoms with Gasteiger partial charge in [0.2, 0.25) is 0 Å². The van der Waals surface area contributed by atoms with Crippen molar-refractivity contribution in [1.82, 2.24) is 10.6 Å². The predicted octanol–water partition coefficient (Wildman–Crippen LogP) is 1.57. The number of carboxylic acid groups (broad SMARTS) is 2. The number of hydrogen-bond acceptors (Lipinski definition) is 3. The molecule has 0 aromatic rings. The molecule has 1 aliphatic carbocycles. The lowest BCUT2D eigenvalue weighted by Gasteiger charge is -2.24. The molecule has 120 valence electrons. The maximum atomic E-state index is 11.9. The number of carbonyl (C=O) groups is 3. The van der Waals surface area contributed by atoms with Crippen LogP contribution < -0.4 is 10.6 Å². The van der Waals surface area contributed by atoms with Gasteiger partial charge in [-0.25, -0.2) is 9.59 Å². The topological polar surface area (TPSA) is 116 Å². The van der Waals surface area contributed by atoms with Gasteiger partial charge in [0, 0.05) is 12.5 Å².